The molecule has 1 aliphatic heterocycles. The molecule has 1 heterocycles. The highest BCUT2D eigenvalue weighted by molar-refractivity contribution is 6.59. The van der Waals surface area contributed by atoms with E-state index in [2.05, 4.69) is 0 Å². The second-order valence-corrected chi connectivity index (χ2v) is 19.6. The average Bonchev–Trinajstić information content (AvgIpc) is 1.30. The maximum Gasteiger partial charge on any atom is 0.569 e. The van der Waals surface area contributed by atoms with Crippen LogP contribution in [-0.4, -0.2) is 162 Å². The van der Waals surface area contributed by atoms with Crippen LogP contribution < -0.4 is 38.9 Å². The number of hydrogen-bond donors (Lipinski definition) is 3. The lowest BCUT2D eigenvalue weighted by Gasteiger charge is -2.45. The van der Waals surface area contributed by atoms with Gasteiger partial charge in [-0.2, -0.15) is 0 Å². The van der Waals surface area contributed by atoms with Gasteiger partial charge in [0.25, 0.3) is 0 Å². The van der Waals surface area contributed by atoms with Crippen LogP contribution in [0.5, 0.6) is 28.7 Å². The number of carbonyl (C=O) groups excluding carboxylic acids is 11. The number of ether oxygens (including phenoxy) is 13. The fraction of sp³-hybridized carbons (Fsp3) is 0.375. The molecule has 1 aliphatic carbocycles. The van der Waals surface area contributed by atoms with Gasteiger partial charge in [-0.15, -0.1) is 0 Å². The highest BCUT2D eigenvalue weighted by Gasteiger charge is 2.57. The van der Waals surface area contributed by atoms with E-state index >= 15 is 0 Å². The lowest BCUT2D eigenvalue weighted by atomic mass is 9.60. The van der Waals surface area contributed by atoms with Gasteiger partial charge in [0.1, 0.15) is 62.4 Å². The maximum atomic E-state index is 14.9. The summed E-state index contributed by atoms with van der Waals surface area (Å²) in [5, 5.41) is 31.7. The summed E-state index contributed by atoms with van der Waals surface area (Å²) in [5.74, 6) is -11.3. The second kappa shape index (κ2) is 29.4. The first kappa shape index (κ1) is 67.2. The number of fused-ring (bicyclic) bond motifs is 6. The summed E-state index contributed by atoms with van der Waals surface area (Å²) < 4.78 is 75.1. The van der Waals surface area contributed by atoms with E-state index in [9.17, 15) is 67.8 Å². The van der Waals surface area contributed by atoms with Gasteiger partial charge in [-0.1, -0.05) is 26.0 Å². The van der Waals surface area contributed by atoms with E-state index in [-0.39, 0.29) is 81.2 Å². The lowest BCUT2D eigenvalue weighted by molar-refractivity contribution is -0.167. The van der Waals surface area contributed by atoms with Gasteiger partial charge >= 0.3 is 80.5 Å². The Morgan fingerprint density at radius 3 is 1.35 bits per heavy atom. The number of benzene rings is 4. The van der Waals surface area contributed by atoms with E-state index in [1.165, 1.54) is 53.4 Å². The fourth-order valence-electron chi connectivity index (χ4n) is 9.20. The molecule has 0 fully saturated rings. The molecule has 0 aromatic heterocycles. The van der Waals surface area contributed by atoms with Crippen molar-refractivity contribution in [1.29, 1.82) is 0 Å². The summed E-state index contributed by atoms with van der Waals surface area (Å²) in [6, 6.07) is 12.3. The summed E-state index contributed by atoms with van der Waals surface area (Å²) in [5.41, 5.74) is -3.38. The average molecular weight is 1230 g/mol. The Kier molecular flexibility index (Phi) is 22.5. The highest BCUT2D eigenvalue weighted by atomic mass is 16.7. The molecule has 1 atom stereocenters. The summed E-state index contributed by atoms with van der Waals surface area (Å²) in [6.07, 6.45) is 0. The van der Waals surface area contributed by atoms with Gasteiger partial charge in [-0.05, 0) is 66.1 Å². The van der Waals surface area contributed by atoms with Crippen LogP contribution in [-0.2, 0) is 102 Å². The van der Waals surface area contributed by atoms with Crippen molar-refractivity contribution in [2.24, 2.45) is 0 Å². The minimum atomic E-state index is -2.34. The van der Waals surface area contributed by atoms with Crippen LogP contribution in [0.15, 0.2) is 54.6 Å². The van der Waals surface area contributed by atoms with Crippen molar-refractivity contribution >= 4 is 97.3 Å². The zero-order valence-corrected chi connectivity index (χ0v) is 48.9. The molecule has 30 nitrogen and oxygen atoms in total. The quantitative estimate of drug-likeness (QED) is 0.0177. The Labute approximate surface area is 501 Å². The third-order valence-electron chi connectivity index (χ3n) is 12.9. The molecule has 0 saturated heterocycles. The smallest absolute Gasteiger partial charge is 0.535 e. The molecular weight excluding hydrogens is 1170 g/mol. The first-order valence-corrected chi connectivity index (χ1v) is 26.2. The Morgan fingerprint density at radius 1 is 0.500 bits per heavy atom. The van der Waals surface area contributed by atoms with Crippen molar-refractivity contribution < 1.29 is 134 Å². The van der Waals surface area contributed by atoms with Crippen molar-refractivity contribution in [3.63, 3.8) is 0 Å². The first-order chi connectivity index (χ1) is 41.5. The summed E-state index contributed by atoms with van der Waals surface area (Å²) in [4.78, 5) is 142. The predicted octanol–water partition coefficient (Wildman–Crippen LogP) is 0.858. The van der Waals surface area contributed by atoms with E-state index in [1.54, 1.807) is 26.8 Å². The third-order valence-corrected chi connectivity index (χ3v) is 12.9. The van der Waals surface area contributed by atoms with Crippen LogP contribution in [0.2, 0.25) is 0 Å². The number of esters is 11. The number of anilines is 2. The largest absolute Gasteiger partial charge is 0.569 e. The Bertz CT molecular complexity index is 3330. The number of carbonyl (C=O) groups is 11. The molecule has 0 saturated carbocycles. The van der Waals surface area contributed by atoms with Gasteiger partial charge in [0.05, 0.1) is 16.9 Å². The first-order valence-electron chi connectivity index (χ1n) is 26.2. The molecule has 0 bridgehead atoms. The van der Waals surface area contributed by atoms with Gasteiger partial charge < -0.3 is 91.1 Å². The molecule has 2 aliphatic rings. The third kappa shape index (κ3) is 16.7. The van der Waals surface area contributed by atoms with Gasteiger partial charge in [-0.3, -0.25) is 47.9 Å². The van der Waals surface area contributed by atoms with Gasteiger partial charge in [0, 0.05) is 69.1 Å². The van der Waals surface area contributed by atoms with Gasteiger partial charge in [0.15, 0.2) is 11.4 Å². The van der Waals surface area contributed by atoms with Gasteiger partial charge in [0.2, 0.25) is 27.2 Å². The predicted molar refractivity (Wildman–Crippen MR) is 295 cm³/mol. The summed E-state index contributed by atoms with van der Waals surface area (Å²) in [6.45, 7) is 4.17. The van der Waals surface area contributed by atoms with E-state index < -0.39 is 156 Å². The molecule has 1 unspecified atom stereocenters. The van der Waals surface area contributed by atoms with Crippen LogP contribution in [0.1, 0.15) is 99.1 Å². The molecule has 32 heteroatoms. The summed E-state index contributed by atoms with van der Waals surface area (Å²) >= 11 is 0. The van der Waals surface area contributed by atoms with E-state index in [0.29, 0.717) is 5.56 Å². The zero-order chi connectivity index (χ0) is 64.8. The van der Waals surface area contributed by atoms with Crippen LogP contribution in [0, 0.1) is 6.92 Å². The molecule has 0 amide bonds. The van der Waals surface area contributed by atoms with E-state index in [1.807, 2.05) is 0 Å². The number of aryl methyl sites for hydroxylation is 1. The van der Waals surface area contributed by atoms with Crippen LogP contribution >= 0.6 is 0 Å². The zero-order valence-electron chi connectivity index (χ0n) is 48.9. The topological polar surface area (TPSA) is 384 Å². The molecule has 6 rings (SSSR count). The number of nitrogens with zero attached hydrogens (tertiary/aromatic N) is 2. The highest BCUT2D eigenvalue weighted by Crippen LogP contribution is 2.59. The molecule has 1 radical (unpaired) electrons. The van der Waals surface area contributed by atoms with Crippen molar-refractivity contribution in [1.82, 2.24) is 0 Å². The van der Waals surface area contributed by atoms with Crippen LogP contribution in [0.4, 0.5) is 11.4 Å². The second-order valence-electron chi connectivity index (χ2n) is 19.6. The number of rotatable bonds is 28. The molecule has 4 aromatic rings. The van der Waals surface area contributed by atoms with Crippen molar-refractivity contribution in [3.05, 3.63) is 93.5 Å². The van der Waals surface area contributed by atoms with E-state index in [0.717, 1.165) is 46.4 Å². The van der Waals surface area contributed by atoms with E-state index in [4.69, 9.17) is 66.2 Å². The normalized spacial score (nSPS) is 13.7. The maximum absolute atomic E-state index is 14.9. The van der Waals surface area contributed by atoms with Crippen LogP contribution in [0.3, 0.4) is 0 Å². The SMILES string of the molecule is CC(=O)OCOC(=O)CN(CC(=O)OCOC(C)=O)c1ccc(C)cc1OCCOc1cc2c(cc1N(CC(=O)OCOC(C)=O)CC(=O)OCOC(C)=O)C(=O)OC21c2cc(O[B]O)c(OC(C)=O)cc2C(C)(C)c2cc(OC(C)=O)c(B(O)O)cc21. The van der Waals surface area contributed by atoms with Crippen molar-refractivity contribution in [2.45, 2.75) is 73.3 Å². The Hall–Kier alpha value is -9.94. The molecule has 4 aromatic carbocycles. The molecule has 3 N–H and O–H groups in total. The standard InChI is InChI=1S/C56H59B2N2O28/c1-29-10-11-43(59(21-50(67)81-25-77-30(2)61)22-51(68)82-26-78-31(3)62)46(14-29)75-12-13-76-47-17-37-36(15-44(47)60(23-52(69)83-27-79-32(4)63)24-53(70)84-28-80-33(5)64)54(71)87-56(37)40-16-42(58(73)74)45(85-34(6)65)18-38(40)55(8,9)39-19-48(86-35(7)66)49(88-57-72)20-41(39)56/h10-11,14-20,72-74H,12-13,21-28H2,1-9H3. The molecule has 88 heavy (non-hydrogen) atoms. The fourth-order valence-corrected chi connectivity index (χ4v) is 9.20. The molecule has 467 valence electrons. The monoisotopic (exact) mass is 1230 g/mol. The lowest BCUT2D eigenvalue weighted by Crippen LogP contribution is -2.44. The minimum Gasteiger partial charge on any atom is -0.535 e. The Morgan fingerprint density at radius 2 is 0.909 bits per heavy atom. The molecule has 1 spiro atoms. The van der Waals surface area contributed by atoms with Crippen LogP contribution in [0.25, 0.3) is 0 Å². The number of hydrogen-bond acceptors (Lipinski definition) is 30. The summed E-state index contributed by atoms with van der Waals surface area (Å²) in [7, 11) is -2.06. The Balaban J connectivity index is 1.57. The minimum absolute atomic E-state index is 0.0132. The molecular formula is C56H59B2N2O28. The van der Waals surface area contributed by atoms with Gasteiger partial charge in [-0.25, -0.2) is 4.79 Å². The van der Waals surface area contributed by atoms with Crippen molar-refractivity contribution in [3.8, 4) is 28.7 Å². The van der Waals surface area contributed by atoms with Crippen molar-refractivity contribution in [2.75, 3.05) is 76.4 Å².